The quantitative estimate of drug-likeness (QED) is 0.648. The van der Waals surface area contributed by atoms with E-state index in [1.165, 1.54) is 6.07 Å². The first-order valence-electron chi connectivity index (χ1n) is 5.92. The number of carbonyl (C=O) groups is 1. The Balaban J connectivity index is 2.17. The lowest BCUT2D eigenvalue weighted by Crippen LogP contribution is -2.40. The molecule has 1 aromatic carbocycles. The molecule has 1 fully saturated rings. The van der Waals surface area contributed by atoms with E-state index in [2.05, 4.69) is 5.32 Å². The van der Waals surface area contributed by atoms with Crippen molar-refractivity contribution in [1.29, 1.82) is 0 Å². The Morgan fingerprint density at radius 3 is 2.95 bits per heavy atom. The number of nitrogens with one attached hydrogen (secondary N) is 1. The average Bonchev–Trinajstić information content (AvgIpc) is 2.41. The second-order valence-corrected chi connectivity index (χ2v) is 4.23. The first-order valence-corrected chi connectivity index (χ1v) is 5.92. The molecule has 0 saturated carbocycles. The molecule has 0 unspecified atom stereocenters. The molecule has 7 nitrogen and oxygen atoms in total. The van der Waals surface area contributed by atoms with Crippen LogP contribution in [0.1, 0.15) is 5.56 Å². The number of amides is 1. The van der Waals surface area contributed by atoms with Crippen molar-refractivity contribution in [2.24, 2.45) is 0 Å². The summed E-state index contributed by atoms with van der Waals surface area (Å²) in [6, 6.07) is 4.81. The van der Waals surface area contributed by atoms with Crippen LogP contribution in [0.4, 0.5) is 11.4 Å². The second kappa shape index (κ2) is 5.66. The molecule has 0 aromatic heterocycles. The zero-order valence-electron chi connectivity index (χ0n) is 10.6. The summed E-state index contributed by atoms with van der Waals surface area (Å²) in [7, 11) is 1.63. The highest BCUT2D eigenvalue weighted by Crippen LogP contribution is 2.25. The molecule has 7 heteroatoms. The van der Waals surface area contributed by atoms with E-state index in [0.29, 0.717) is 25.4 Å². The molecule has 1 aliphatic rings. The SMILES string of the molecule is CNc1cc(CN2CCOCC2=O)ccc1[N+](=O)[O-]. The molecule has 1 aromatic rings. The number of nitro groups is 1. The van der Waals surface area contributed by atoms with Gasteiger partial charge in [-0.3, -0.25) is 14.9 Å². The van der Waals surface area contributed by atoms with Gasteiger partial charge in [-0.2, -0.15) is 0 Å². The first kappa shape index (κ1) is 13.3. The third-order valence-corrected chi connectivity index (χ3v) is 2.98. The molecule has 1 N–H and O–H groups in total. The number of nitro benzene ring substituents is 1. The minimum absolute atomic E-state index is 0.0274. The van der Waals surface area contributed by atoms with E-state index in [1.54, 1.807) is 24.1 Å². The normalized spacial score (nSPS) is 15.4. The number of anilines is 1. The Hall–Kier alpha value is -2.15. The highest BCUT2D eigenvalue weighted by molar-refractivity contribution is 5.78. The fourth-order valence-corrected chi connectivity index (χ4v) is 1.98. The largest absolute Gasteiger partial charge is 0.383 e. The van der Waals surface area contributed by atoms with E-state index < -0.39 is 4.92 Å². The molecule has 2 rings (SSSR count). The van der Waals surface area contributed by atoms with Gasteiger partial charge in [0.05, 0.1) is 11.5 Å². The number of carbonyl (C=O) groups excluding carboxylic acids is 1. The van der Waals surface area contributed by atoms with Gasteiger partial charge in [-0.15, -0.1) is 0 Å². The maximum absolute atomic E-state index is 11.6. The molecule has 1 aliphatic heterocycles. The average molecular weight is 265 g/mol. The lowest BCUT2D eigenvalue weighted by Gasteiger charge is -2.26. The van der Waals surface area contributed by atoms with Crippen molar-refractivity contribution in [2.75, 3.05) is 32.1 Å². The third kappa shape index (κ3) is 3.00. The molecule has 102 valence electrons. The van der Waals surface area contributed by atoms with Gasteiger partial charge < -0.3 is 15.0 Å². The fourth-order valence-electron chi connectivity index (χ4n) is 1.98. The lowest BCUT2D eigenvalue weighted by atomic mass is 10.1. The van der Waals surface area contributed by atoms with Crippen LogP contribution in [0.15, 0.2) is 18.2 Å². The van der Waals surface area contributed by atoms with Crippen LogP contribution >= 0.6 is 0 Å². The number of ether oxygens (including phenoxy) is 1. The minimum atomic E-state index is -0.435. The summed E-state index contributed by atoms with van der Waals surface area (Å²) in [6.07, 6.45) is 0. The number of rotatable bonds is 4. The van der Waals surface area contributed by atoms with Crippen molar-refractivity contribution >= 4 is 17.3 Å². The van der Waals surface area contributed by atoms with E-state index in [-0.39, 0.29) is 18.2 Å². The molecule has 0 spiro atoms. The summed E-state index contributed by atoms with van der Waals surface area (Å²) in [5.74, 6) is -0.0596. The van der Waals surface area contributed by atoms with Gasteiger partial charge in [0.25, 0.3) is 5.69 Å². The Morgan fingerprint density at radius 2 is 2.32 bits per heavy atom. The van der Waals surface area contributed by atoms with Crippen molar-refractivity contribution in [3.8, 4) is 0 Å². The van der Waals surface area contributed by atoms with Crippen LogP contribution in [-0.4, -0.2) is 42.5 Å². The summed E-state index contributed by atoms with van der Waals surface area (Å²) in [5.41, 5.74) is 1.33. The Kier molecular flexibility index (Phi) is 3.96. The predicted molar refractivity (Wildman–Crippen MR) is 68.9 cm³/mol. The van der Waals surface area contributed by atoms with E-state index in [0.717, 1.165) is 5.56 Å². The second-order valence-electron chi connectivity index (χ2n) is 4.23. The highest BCUT2D eigenvalue weighted by Gasteiger charge is 2.20. The van der Waals surface area contributed by atoms with Gasteiger partial charge in [-0.1, -0.05) is 6.07 Å². The molecule has 0 bridgehead atoms. The van der Waals surface area contributed by atoms with Crippen LogP contribution in [0, 0.1) is 10.1 Å². The summed E-state index contributed by atoms with van der Waals surface area (Å²) in [4.78, 5) is 23.7. The van der Waals surface area contributed by atoms with E-state index in [4.69, 9.17) is 4.74 Å². The Labute approximate surface area is 110 Å². The molecule has 1 amide bonds. The first-order chi connectivity index (χ1) is 9.11. The van der Waals surface area contributed by atoms with Gasteiger partial charge in [0.15, 0.2) is 0 Å². The summed E-state index contributed by atoms with van der Waals surface area (Å²) < 4.78 is 5.05. The molecule has 1 heterocycles. The van der Waals surface area contributed by atoms with Crippen molar-refractivity contribution in [3.63, 3.8) is 0 Å². The summed E-state index contributed by atoms with van der Waals surface area (Å²) in [6.45, 7) is 1.61. The maximum Gasteiger partial charge on any atom is 0.292 e. The fraction of sp³-hybridized carbons (Fsp3) is 0.417. The molecule has 1 saturated heterocycles. The van der Waals surface area contributed by atoms with Gasteiger partial charge >= 0.3 is 0 Å². The van der Waals surface area contributed by atoms with Crippen molar-refractivity contribution in [2.45, 2.75) is 6.54 Å². The monoisotopic (exact) mass is 265 g/mol. The van der Waals surface area contributed by atoms with E-state index in [1.807, 2.05) is 0 Å². The van der Waals surface area contributed by atoms with Gasteiger partial charge in [0, 0.05) is 26.2 Å². The number of nitrogens with zero attached hydrogens (tertiary/aromatic N) is 2. The predicted octanol–water partition coefficient (Wildman–Crippen LogP) is 0.995. The smallest absolute Gasteiger partial charge is 0.292 e. The van der Waals surface area contributed by atoms with Crippen LogP contribution < -0.4 is 5.32 Å². The van der Waals surface area contributed by atoms with Gasteiger partial charge in [-0.25, -0.2) is 0 Å². The van der Waals surface area contributed by atoms with Gasteiger partial charge in [0.1, 0.15) is 12.3 Å². The zero-order chi connectivity index (χ0) is 13.8. The number of hydrogen-bond acceptors (Lipinski definition) is 5. The molecule has 19 heavy (non-hydrogen) atoms. The number of hydrogen-bond donors (Lipinski definition) is 1. The topological polar surface area (TPSA) is 84.7 Å². The highest BCUT2D eigenvalue weighted by atomic mass is 16.6. The van der Waals surface area contributed by atoms with Crippen LogP contribution in [0.2, 0.25) is 0 Å². The van der Waals surface area contributed by atoms with Crippen LogP contribution in [0.25, 0.3) is 0 Å². The van der Waals surface area contributed by atoms with Crippen molar-refractivity contribution < 1.29 is 14.5 Å². The van der Waals surface area contributed by atoms with Crippen LogP contribution in [-0.2, 0) is 16.1 Å². The standard InChI is InChI=1S/C12H15N3O4/c1-13-10-6-9(2-3-11(10)15(17)18)7-14-4-5-19-8-12(14)16/h2-3,6,13H,4-5,7-8H2,1H3. The summed E-state index contributed by atoms with van der Waals surface area (Å²) in [5, 5.41) is 13.6. The van der Waals surface area contributed by atoms with E-state index in [9.17, 15) is 14.9 Å². The molecular weight excluding hydrogens is 250 g/mol. The molecule has 0 aliphatic carbocycles. The lowest BCUT2D eigenvalue weighted by molar-refractivity contribution is -0.384. The minimum Gasteiger partial charge on any atom is -0.383 e. The maximum atomic E-state index is 11.6. The number of morpholine rings is 1. The number of benzene rings is 1. The van der Waals surface area contributed by atoms with Crippen molar-refractivity contribution in [3.05, 3.63) is 33.9 Å². The Bertz CT molecular complexity index is 504. The zero-order valence-corrected chi connectivity index (χ0v) is 10.6. The van der Waals surface area contributed by atoms with Gasteiger partial charge in [0.2, 0.25) is 5.91 Å². The molecule has 0 atom stereocenters. The van der Waals surface area contributed by atoms with Gasteiger partial charge in [-0.05, 0) is 11.6 Å². The van der Waals surface area contributed by atoms with E-state index >= 15 is 0 Å². The molecule has 0 radical (unpaired) electrons. The Morgan fingerprint density at radius 1 is 1.53 bits per heavy atom. The third-order valence-electron chi connectivity index (χ3n) is 2.98. The van der Waals surface area contributed by atoms with Crippen molar-refractivity contribution in [1.82, 2.24) is 4.90 Å². The summed E-state index contributed by atoms with van der Waals surface area (Å²) >= 11 is 0. The van der Waals surface area contributed by atoms with Crippen LogP contribution in [0.3, 0.4) is 0 Å². The molecular formula is C12H15N3O4. The van der Waals surface area contributed by atoms with Crippen LogP contribution in [0.5, 0.6) is 0 Å².